The Labute approximate surface area is 127 Å². The molecule has 0 saturated carbocycles. The highest BCUT2D eigenvalue weighted by molar-refractivity contribution is 5.31. The minimum Gasteiger partial charge on any atom is -0.497 e. The van der Waals surface area contributed by atoms with Gasteiger partial charge in [0.15, 0.2) is 0 Å². The fourth-order valence-corrected chi connectivity index (χ4v) is 2.50. The van der Waals surface area contributed by atoms with E-state index in [-0.39, 0.29) is 0 Å². The molecule has 0 bridgehead atoms. The molecule has 1 heterocycles. The van der Waals surface area contributed by atoms with Gasteiger partial charge >= 0.3 is 0 Å². The lowest BCUT2D eigenvalue weighted by Gasteiger charge is -2.37. The van der Waals surface area contributed by atoms with Crippen LogP contribution >= 0.6 is 0 Å². The quantitative estimate of drug-likeness (QED) is 0.756. The van der Waals surface area contributed by atoms with Gasteiger partial charge in [-0.3, -0.25) is 4.90 Å². The van der Waals surface area contributed by atoms with Crippen molar-refractivity contribution in [3.63, 3.8) is 0 Å². The number of ether oxygens (including phenoxy) is 2. The number of piperazine rings is 1. The molecule has 1 aromatic carbocycles. The van der Waals surface area contributed by atoms with Crippen LogP contribution in [-0.4, -0.2) is 76.4 Å². The lowest BCUT2D eigenvalue weighted by Crippen LogP contribution is -2.54. The van der Waals surface area contributed by atoms with E-state index in [1.54, 1.807) is 7.11 Å². The summed E-state index contributed by atoms with van der Waals surface area (Å²) in [6, 6.07) is 8.28. The average Bonchev–Trinajstić information content (AvgIpc) is 2.51. The smallest absolute Gasteiger partial charge is 0.119 e. The highest BCUT2D eigenvalue weighted by Gasteiger charge is 2.21. The fraction of sp³-hybridized carbons (Fsp3) is 0.625. The number of nitrogens with one attached hydrogen (secondary N) is 1. The van der Waals surface area contributed by atoms with Crippen molar-refractivity contribution in [2.45, 2.75) is 6.04 Å². The Morgan fingerprint density at radius 1 is 1.14 bits per heavy atom. The molecule has 0 amide bonds. The van der Waals surface area contributed by atoms with Crippen molar-refractivity contribution in [1.29, 1.82) is 0 Å². The molecule has 1 aliphatic heterocycles. The molecule has 0 aromatic heterocycles. The van der Waals surface area contributed by atoms with E-state index in [0.29, 0.717) is 12.6 Å². The summed E-state index contributed by atoms with van der Waals surface area (Å²) in [5.74, 6) is 1.73. The van der Waals surface area contributed by atoms with Crippen LogP contribution in [0.25, 0.3) is 0 Å². The second-order valence-electron chi connectivity index (χ2n) is 5.62. The summed E-state index contributed by atoms with van der Waals surface area (Å²) in [4.78, 5) is 4.82. The Hall–Kier alpha value is -1.30. The third-order valence-electron chi connectivity index (χ3n) is 3.97. The zero-order valence-electron chi connectivity index (χ0n) is 13.3. The van der Waals surface area contributed by atoms with Crippen LogP contribution in [0.4, 0.5) is 0 Å². The first-order chi connectivity index (χ1) is 10.2. The lowest BCUT2D eigenvalue weighted by atomic mass is 10.2. The van der Waals surface area contributed by atoms with Crippen LogP contribution in [0.1, 0.15) is 0 Å². The second-order valence-corrected chi connectivity index (χ2v) is 5.62. The molecule has 0 radical (unpaired) electrons. The summed E-state index contributed by atoms with van der Waals surface area (Å²) in [5.41, 5.74) is 0. The summed E-state index contributed by atoms with van der Waals surface area (Å²) in [5, 5.41) is 3.48. The van der Waals surface area contributed by atoms with E-state index in [4.69, 9.17) is 9.47 Å². The first-order valence-corrected chi connectivity index (χ1v) is 7.55. The summed E-state index contributed by atoms with van der Waals surface area (Å²) >= 11 is 0. The summed E-state index contributed by atoms with van der Waals surface area (Å²) in [7, 11) is 6.06. The van der Waals surface area contributed by atoms with Crippen LogP contribution in [0.5, 0.6) is 11.5 Å². The molecule has 5 nitrogen and oxygen atoms in total. The van der Waals surface area contributed by atoms with Crippen molar-refractivity contribution in [3.8, 4) is 11.5 Å². The Kier molecular flexibility index (Phi) is 6.29. The van der Waals surface area contributed by atoms with Gasteiger partial charge < -0.3 is 19.7 Å². The largest absolute Gasteiger partial charge is 0.497 e. The van der Waals surface area contributed by atoms with Crippen LogP contribution in [-0.2, 0) is 0 Å². The van der Waals surface area contributed by atoms with Gasteiger partial charge in [-0.25, -0.2) is 0 Å². The summed E-state index contributed by atoms with van der Waals surface area (Å²) < 4.78 is 10.8. The number of hydrogen-bond acceptors (Lipinski definition) is 5. The van der Waals surface area contributed by atoms with Gasteiger partial charge in [-0.2, -0.15) is 0 Å². The van der Waals surface area contributed by atoms with E-state index in [1.165, 1.54) is 0 Å². The summed E-state index contributed by atoms with van der Waals surface area (Å²) in [6.45, 7) is 5.98. The Bertz CT molecular complexity index is 410. The third-order valence-corrected chi connectivity index (χ3v) is 3.97. The van der Waals surface area contributed by atoms with Crippen molar-refractivity contribution in [1.82, 2.24) is 15.1 Å². The molecule has 1 aromatic rings. The highest BCUT2D eigenvalue weighted by Crippen LogP contribution is 2.16. The normalized spacial score (nSPS) is 20.4. The number of nitrogens with zero attached hydrogens (tertiary/aromatic N) is 2. The Morgan fingerprint density at radius 3 is 2.57 bits per heavy atom. The maximum atomic E-state index is 5.70. The number of rotatable bonds is 7. The molecule has 1 N–H and O–H groups in total. The van der Waals surface area contributed by atoms with E-state index in [9.17, 15) is 0 Å². The second kappa shape index (κ2) is 8.22. The van der Waals surface area contributed by atoms with Crippen LogP contribution in [0.15, 0.2) is 24.3 Å². The van der Waals surface area contributed by atoms with Gasteiger partial charge in [0.25, 0.3) is 0 Å². The van der Waals surface area contributed by atoms with Crippen LogP contribution < -0.4 is 14.8 Å². The molecule has 21 heavy (non-hydrogen) atoms. The van der Waals surface area contributed by atoms with Gasteiger partial charge in [0.1, 0.15) is 18.1 Å². The minimum atomic E-state index is 0.588. The maximum absolute atomic E-state index is 5.70. The topological polar surface area (TPSA) is 37.0 Å². The van der Waals surface area contributed by atoms with E-state index in [0.717, 1.165) is 44.2 Å². The first-order valence-electron chi connectivity index (χ1n) is 7.55. The van der Waals surface area contributed by atoms with Crippen LogP contribution in [0.3, 0.4) is 0 Å². The van der Waals surface area contributed by atoms with E-state index in [2.05, 4.69) is 29.2 Å². The van der Waals surface area contributed by atoms with Crippen molar-refractivity contribution in [2.75, 3.05) is 60.5 Å². The number of likely N-dealkylation sites (N-methyl/N-ethyl adjacent to an activating group) is 2. The van der Waals surface area contributed by atoms with Gasteiger partial charge in [-0.15, -0.1) is 0 Å². The number of hydrogen-bond donors (Lipinski definition) is 1. The predicted octanol–water partition coefficient (Wildman–Crippen LogP) is 0.909. The van der Waals surface area contributed by atoms with E-state index in [1.807, 2.05) is 24.3 Å². The molecule has 1 saturated heterocycles. The standard InChI is InChI=1S/C16H27N3O2/c1-18-9-10-19(2)14(13-18)12-17-8-11-21-16-6-4-15(20-3)5-7-16/h4-7,14,17H,8-13H2,1-3H3. The molecular formula is C16H27N3O2. The van der Waals surface area contributed by atoms with Gasteiger partial charge in [-0.05, 0) is 38.4 Å². The third kappa shape index (κ3) is 5.19. The van der Waals surface area contributed by atoms with Crippen molar-refractivity contribution < 1.29 is 9.47 Å². The van der Waals surface area contributed by atoms with Crippen molar-refractivity contribution in [3.05, 3.63) is 24.3 Å². The molecular weight excluding hydrogens is 266 g/mol. The number of methoxy groups -OCH3 is 1. The molecule has 5 heteroatoms. The van der Waals surface area contributed by atoms with E-state index < -0.39 is 0 Å². The number of benzene rings is 1. The Balaban J connectivity index is 1.61. The Morgan fingerprint density at radius 2 is 1.86 bits per heavy atom. The monoisotopic (exact) mass is 293 g/mol. The molecule has 1 fully saturated rings. The molecule has 1 unspecified atom stereocenters. The highest BCUT2D eigenvalue weighted by atomic mass is 16.5. The first kappa shape index (κ1) is 16.1. The van der Waals surface area contributed by atoms with Gasteiger partial charge in [0.2, 0.25) is 0 Å². The zero-order chi connectivity index (χ0) is 15.1. The van der Waals surface area contributed by atoms with Crippen LogP contribution in [0.2, 0.25) is 0 Å². The molecule has 0 spiro atoms. The lowest BCUT2D eigenvalue weighted by molar-refractivity contribution is 0.113. The molecule has 2 rings (SSSR count). The molecule has 118 valence electrons. The van der Waals surface area contributed by atoms with Crippen molar-refractivity contribution >= 4 is 0 Å². The van der Waals surface area contributed by atoms with Crippen molar-refractivity contribution in [2.24, 2.45) is 0 Å². The minimum absolute atomic E-state index is 0.588. The molecule has 1 atom stereocenters. The SMILES string of the molecule is COc1ccc(OCCNCC2CN(C)CCN2C)cc1. The van der Waals surface area contributed by atoms with Gasteiger partial charge in [0.05, 0.1) is 7.11 Å². The zero-order valence-corrected chi connectivity index (χ0v) is 13.3. The van der Waals surface area contributed by atoms with Gasteiger partial charge in [-0.1, -0.05) is 0 Å². The fourth-order valence-electron chi connectivity index (χ4n) is 2.50. The predicted molar refractivity (Wildman–Crippen MR) is 85.3 cm³/mol. The molecule has 0 aliphatic carbocycles. The summed E-state index contributed by atoms with van der Waals surface area (Å²) in [6.07, 6.45) is 0. The molecule has 1 aliphatic rings. The average molecular weight is 293 g/mol. The van der Waals surface area contributed by atoms with E-state index >= 15 is 0 Å². The maximum Gasteiger partial charge on any atom is 0.119 e. The van der Waals surface area contributed by atoms with Gasteiger partial charge in [0, 0.05) is 38.8 Å². The van der Waals surface area contributed by atoms with Crippen LogP contribution in [0, 0.1) is 0 Å².